The number of halogens is 1. The molecule has 0 saturated carbocycles. The molecule has 1 unspecified atom stereocenters. The Morgan fingerprint density at radius 2 is 1.94 bits per heavy atom. The third-order valence-corrected chi connectivity index (χ3v) is 5.12. The first-order valence-electron chi connectivity index (χ1n) is 5.15. The van der Waals surface area contributed by atoms with E-state index in [1.54, 1.807) is 28.7 Å². The zero-order valence-electron chi connectivity index (χ0n) is 8.76. The minimum Gasteiger partial charge on any atom is -0.383 e. The van der Waals surface area contributed by atoms with Crippen molar-refractivity contribution in [2.24, 2.45) is 0 Å². The van der Waals surface area contributed by atoms with E-state index < -0.39 is 6.10 Å². The van der Waals surface area contributed by atoms with Crippen LogP contribution in [0.2, 0.25) is 5.02 Å². The van der Waals surface area contributed by atoms with Gasteiger partial charge in [0.25, 0.3) is 0 Å². The normalized spacial score (nSPS) is 13.1. The summed E-state index contributed by atoms with van der Waals surface area (Å²) in [6.45, 7) is 0. The Labute approximate surface area is 112 Å². The summed E-state index contributed by atoms with van der Waals surface area (Å²) in [6.07, 6.45) is -0.631. The lowest BCUT2D eigenvalue weighted by atomic mass is 10.1. The van der Waals surface area contributed by atoms with Crippen molar-refractivity contribution >= 4 is 43.7 Å². The molecule has 3 aromatic rings. The van der Waals surface area contributed by atoms with Gasteiger partial charge in [0.15, 0.2) is 0 Å². The first-order chi connectivity index (χ1) is 8.25. The monoisotopic (exact) mass is 280 g/mol. The Morgan fingerprint density at radius 3 is 2.71 bits per heavy atom. The highest BCUT2D eigenvalue weighted by Gasteiger charge is 2.16. The molecule has 4 heteroatoms. The number of rotatable bonds is 2. The Morgan fingerprint density at radius 1 is 1.12 bits per heavy atom. The lowest BCUT2D eigenvalue weighted by molar-refractivity contribution is 0.224. The Bertz CT molecular complexity index is 628. The molecular weight excluding hydrogens is 272 g/mol. The van der Waals surface area contributed by atoms with Crippen molar-refractivity contribution in [2.75, 3.05) is 0 Å². The largest absolute Gasteiger partial charge is 0.383 e. The van der Waals surface area contributed by atoms with Gasteiger partial charge in [-0.3, -0.25) is 0 Å². The second-order valence-electron chi connectivity index (χ2n) is 3.72. The van der Waals surface area contributed by atoms with Gasteiger partial charge in [-0.2, -0.15) is 0 Å². The minimum atomic E-state index is -0.631. The number of aliphatic hydroxyl groups excluding tert-OH is 1. The van der Waals surface area contributed by atoms with Crippen molar-refractivity contribution < 1.29 is 5.11 Å². The number of fused-ring (bicyclic) bond motifs is 1. The van der Waals surface area contributed by atoms with Crippen LogP contribution >= 0.6 is 34.3 Å². The molecule has 0 spiro atoms. The minimum absolute atomic E-state index is 0.608. The zero-order chi connectivity index (χ0) is 11.8. The molecule has 0 aliphatic carbocycles. The molecule has 3 rings (SSSR count). The fourth-order valence-electron chi connectivity index (χ4n) is 1.77. The van der Waals surface area contributed by atoms with Crippen molar-refractivity contribution in [3.05, 3.63) is 57.2 Å². The number of hydrogen-bond donors (Lipinski definition) is 1. The van der Waals surface area contributed by atoms with Crippen LogP contribution < -0.4 is 0 Å². The van der Waals surface area contributed by atoms with Crippen LogP contribution in [0.15, 0.2) is 41.8 Å². The predicted octanol–water partition coefficient (Wildman–Crippen LogP) is 4.70. The molecule has 0 aliphatic rings. The molecule has 1 N–H and O–H groups in total. The second-order valence-corrected chi connectivity index (χ2v) is 6.19. The van der Waals surface area contributed by atoms with E-state index in [0.29, 0.717) is 5.02 Å². The molecule has 86 valence electrons. The zero-order valence-corrected chi connectivity index (χ0v) is 11.1. The van der Waals surface area contributed by atoms with Gasteiger partial charge in [0.1, 0.15) is 6.10 Å². The van der Waals surface area contributed by atoms with Gasteiger partial charge >= 0.3 is 0 Å². The predicted molar refractivity (Wildman–Crippen MR) is 75.2 cm³/mol. The third kappa shape index (κ3) is 2.00. The van der Waals surface area contributed by atoms with Gasteiger partial charge in [-0.25, -0.2) is 0 Å². The molecule has 0 aliphatic heterocycles. The SMILES string of the molecule is OC(c1cc2sccc2s1)c1ccccc1Cl. The summed E-state index contributed by atoms with van der Waals surface area (Å²) in [5, 5.41) is 13.0. The van der Waals surface area contributed by atoms with Gasteiger partial charge in [-0.05, 0) is 23.6 Å². The van der Waals surface area contributed by atoms with Crippen molar-refractivity contribution in [3.63, 3.8) is 0 Å². The van der Waals surface area contributed by atoms with Gasteiger partial charge in [-0.15, -0.1) is 22.7 Å². The Hall–Kier alpha value is -0.870. The highest BCUT2D eigenvalue weighted by atomic mass is 35.5. The Balaban J connectivity index is 2.04. The molecule has 0 radical (unpaired) electrons. The third-order valence-electron chi connectivity index (χ3n) is 2.63. The van der Waals surface area contributed by atoms with Crippen LogP contribution in [-0.2, 0) is 0 Å². The summed E-state index contributed by atoms with van der Waals surface area (Å²) in [5.74, 6) is 0. The van der Waals surface area contributed by atoms with Gasteiger partial charge in [0.2, 0.25) is 0 Å². The lowest BCUT2D eigenvalue weighted by Gasteiger charge is -2.10. The maximum atomic E-state index is 10.3. The smallest absolute Gasteiger partial charge is 0.115 e. The number of thiophene rings is 2. The second kappa shape index (κ2) is 4.42. The average Bonchev–Trinajstić information content (AvgIpc) is 2.88. The number of aliphatic hydroxyl groups is 1. The maximum Gasteiger partial charge on any atom is 0.115 e. The summed E-state index contributed by atoms with van der Waals surface area (Å²) in [4.78, 5) is 0.944. The molecule has 0 fully saturated rings. The van der Waals surface area contributed by atoms with Crippen LogP contribution in [0.4, 0.5) is 0 Å². The van der Waals surface area contributed by atoms with Crippen molar-refractivity contribution in [2.45, 2.75) is 6.10 Å². The highest BCUT2D eigenvalue weighted by molar-refractivity contribution is 7.26. The standard InChI is InChI=1S/C13H9ClOS2/c14-9-4-2-1-3-8(9)13(15)12-7-11-10(17-12)5-6-16-11/h1-7,13,15H. The van der Waals surface area contributed by atoms with Crippen molar-refractivity contribution in [1.29, 1.82) is 0 Å². The van der Waals surface area contributed by atoms with Crippen LogP contribution in [-0.4, -0.2) is 5.11 Å². The van der Waals surface area contributed by atoms with E-state index in [1.807, 2.05) is 24.3 Å². The van der Waals surface area contributed by atoms with Gasteiger partial charge in [0, 0.05) is 24.9 Å². The van der Waals surface area contributed by atoms with Crippen LogP contribution in [0, 0.1) is 0 Å². The van der Waals surface area contributed by atoms with Gasteiger partial charge < -0.3 is 5.11 Å². The van der Waals surface area contributed by atoms with E-state index in [0.717, 1.165) is 10.4 Å². The summed E-state index contributed by atoms with van der Waals surface area (Å²) in [6, 6.07) is 11.5. The van der Waals surface area contributed by atoms with Crippen LogP contribution in [0.5, 0.6) is 0 Å². The fraction of sp³-hybridized carbons (Fsp3) is 0.0769. The van der Waals surface area contributed by atoms with Gasteiger partial charge in [-0.1, -0.05) is 29.8 Å². The van der Waals surface area contributed by atoms with Gasteiger partial charge in [0.05, 0.1) is 0 Å². The lowest BCUT2D eigenvalue weighted by Crippen LogP contribution is -1.97. The topological polar surface area (TPSA) is 20.2 Å². The molecule has 0 saturated heterocycles. The van der Waals surface area contributed by atoms with Crippen LogP contribution in [0.25, 0.3) is 9.40 Å². The van der Waals surface area contributed by atoms with E-state index in [1.165, 1.54) is 9.40 Å². The van der Waals surface area contributed by atoms with Crippen LogP contribution in [0.3, 0.4) is 0 Å². The van der Waals surface area contributed by atoms with E-state index in [9.17, 15) is 5.11 Å². The average molecular weight is 281 g/mol. The number of hydrogen-bond acceptors (Lipinski definition) is 3. The molecule has 1 nitrogen and oxygen atoms in total. The summed E-state index contributed by atoms with van der Waals surface area (Å²) >= 11 is 9.40. The molecule has 0 bridgehead atoms. The van der Waals surface area contributed by atoms with Crippen molar-refractivity contribution in [3.8, 4) is 0 Å². The Kier molecular flexibility index (Phi) is 2.92. The first-order valence-corrected chi connectivity index (χ1v) is 7.22. The molecule has 1 atom stereocenters. The quantitative estimate of drug-likeness (QED) is 0.721. The molecule has 17 heavy (non-hydrogen) atoms. The van der Waals surface area contributed by atoms with E-state index in [4.69, 9.17) is 11.6 Å². The molecule has 0 amide bonds. The fourth-order valence-corrected chi connectivity index (χ4v) is 4.13. The summed E-state index contributed by atoms with van der Waals surface area (Å²) in [5.41, 5.74) is 0.767. The van der Waals surface area contributed by atoms with E-state index >= 15 is 0 Å². The van der Waals surface area contributed by atoms with E-state index in [2.05, 4.69) is 11.4 Å². The molecule has 2 aromatic heterocycles. The summed E-state index contributed by atoms with van der Waals surface area (Å²) in [7, 11) is 0. The molecular formula is C13H9ClOS2. The molecule has 1 aromatic carbocycles. The van der Waals surface area contributed by atoms with Crippen molar-refractivity contribution in [1.82, 2.24) is 0 Å². The highest BCUT2D eigenvalue weighted by Crippen LogP contribution is 2.37. The van der Waals surface area contributed by atoms with E-state index in [-0.39, 0.29) is 0 Å². The van der Waals surface area contributed by atoms with Crippen LogP contribution in [0.1, 0.15) is 16.5 Å². The number of benzene rings is 1. The first kappa shape index (κ1) is 11.2. The molecule has 2 heterocycles. The maximum absolute atomic E-state index is 10.3. The summed E-state index contributed by atoms with van der Waals surface area (Å²) < 4.78 is 2.44.